The average Bonchev–Trinajstić information content (AvgIpc) is 3.03. The Labute approximate surface area is 144 Å². The number of carboxylic acids is 2. The molecular weight excluding hydrogens is 356 g/mol. The number of thiophene rings is 1. The lowest BCUT2D eigenvalue weighted by molar-refractivity contribution is -0.161. The Morgan fingerprint density at radius 2 is 2.04 bits per heavy atom. The summed E-state index contributed by atoms with van der Waals surface area (Å²) in [5.74, 6) is -3.72. The summed E-state index contributed by atoms with van der Waals surface area (Å²) in [5.41, 5.74) is -0.361. The van der Waals surface area contributed by atoms with Crippen LogP contribution in [0.2, 0.25) is 0 Å². The summed E-state index contributed by atoms with van der Waals surface area (Å²) in [6.45, 7) is 0. The molecule has 0 aliphatic carbocycles. The predicted molar refractivity (Wildman–Crippen MR) is 85.3 cm³/mol. The van der Waals surface area contributed by atoms with Gasteiger partial charge in [0.1, 0.15) is 11.4 Å². The SMILES string of the molecule is O=C(Cc1cccs1)NC1C(=O)N2C(C(=O)O)C(C(=O)O)=CS[C@@H]12. The maximum Gasteiger partial charge on any atom is 0.334 e. The molecule has 3 rings (SSSR count). The van der Waals surface area contributed by atoms with Gasteiger partial charge >= 0.3 is 11.9 Å². The van der Waals surface area contributed by atoms with E-state index in [1.54, 1.807) is 6.07 Å². The Kier molecular flexibility index (Phi) is 4.33. The first-order valence-corrected chi connectivity index (χ1v) is 8.68. The van der Waals surface area contributed by atoms with Crippen molar-refractivity contribution in [2.24, 2.45) is 0 Å². The number of nitrogens with one attached hydrogen (secondary N) is 1. The number of thioether (sulfide) groups is 1. The molecular formula is C14H12N2O6S2. The van der Waals surface area contributed by atoms with Gasteiger partial charge in [-0.1, -0.05) is 6.07 Å². The molecule has 1 aromatic rings. The summed E-state index contributed by atoms with van der Waals surface area (Å²) in [5, 5.41) is 23.4. The number of β-lactam (4-membered cyclic amide) rings is 1. The topological polar surface area (TPSA) is 124 Å². The molecule has 1 aromatic heterocycles. The van der Waals surface area contributed by atoms with Crippen LogP contribution in [0.15, 0.2) is 28.5 Å². The number of fused-ring (bicyclic) bond motifs is 1. The van der Waals surface area contributed by atoms with Gasteiger partial charge in [0, 0.05) is 4.88 Å². The fourth-order valence-corrected chi connectivity index (χ4v) is 4.53. The van der Waals surface area contributed by atoms with E-state index in [-0.39, 0.29) is 17.9 Å². The van der Waals surface area contributed by atoms with Crippen LogP contribution in [-0.4, -0.2) is 56.3 Å². The van der Waals surface area contributed by atoms with E-state index < -0.39 is 35.3 Å². The van der Waals surface area contributed by atoms with Gasteiger partial charge in [0.25, 0.3) is 0 Å². The van der Waals surface area contributed by atoms with Crippen molar-refractivity contribution in [3.8, 4) is 0 Å². The van der Waals surface area contributed by atoms with E-state index in [0.29, 0.717) is 0 Å². The van der Waals surface area contributed by atoms with Gasteiger partial charge < -0.3 is 20.4 Å². The van der Waals surface area contributed by atoms with E-state index in [4.69, 9.17) is 5.11 Å². The van der Waals surface area contributed by atoms with E-state index in [1.807, 2.05) is 11.4 Å². The average molecular weight is 368 g/mol. The number of hydrogen-bond donors (Lipinski definition) is 3. The van der Waals surface area contributed by atoms with Crippen molar-refractivity contribution < 1.29 is 29.4 Å². The number of carbonyl (C=O) groups excluding carboxylic acids is 2. The second-order valence-corrected chi connectivity index (χ2v) is 7.22. The third-order valence-electron chi connectivity index (χ3n) is 3.70. The van der Waals surface area contributed by atoms with Crippen molar-refractivity contribution in [2.45, 2.75) is 23.9 Å². The lowest BCUT2D eigenvalue weighted by Gasteiger charge is -2.50. The number of carbonyl (C=O) groups is 4. The molecule has 10 heteroatoms. The van der Waals surface area contributed by atoms with E-state index in [0.717, 1.165) is 21.5 Å². The minimum Gasteiger partial charge on any atom is -0.479 e. The molecule has 126 valence electrons. The van der Waals surface area contributed by atoms with Crippen LogP contribution in [0, 0.1) is 0 Å². The van der Waals surface area contributed by atoms with Crippen molar-refractivity contribution in [1.29, 1.82) is 0 Å². The van der Waals surface area contributed by atoms with Gasteiger partial charge in [0.15, 0.2) is 6.04 Å². The Hall–Kier alpha value is -2.33. The van der Waals surface area contributed by atoms with E-state index in [2.05, 4.69) is 5.32 Å². The molecule has 24 heavy (non-hydrogen) atoms. The Bertz CT molecular complexity index is 744. The molecule has 0 aromatic carbocycles. The van der Waals surface area contributed by atoms with Gasteiger partial charge in [0.2, 0.25) is 11.8 Å². The molecule has 0 radical (unpaired) electrons. The van der Waals surface area contributed by atoms with Gasteiger partial charge in [0.05, 0.1) is 12.0 Å². The summed E-state index contributed by atoms with van der Waals surface area (Å²) in [6, 6.07) is 1.23. The summed E-state index contributed by atoms with van der Waals surface area (Å²) >= 11 is 2.44. The third-order valence-corrected chi connectivity index (χ3v) is 5.74. The number of carboxylic acid groups (broad SMARTS) is 2. The lowest BCUT2D eigenvalue weighted by Crippen LogP contribution is -2.74. The molecule has 0 spiro atoms. The highest BCUT2D eigenvalue weighted by molar-refractivity contribution is 8.03. The molecule has 2 aliphatic rings. The Balaban J connectivity index is 1.72. The number of hydrogen-bond acceptors (Lipinski definition) is 6. The highest BCUT2D eigenvalue weighted by Crippen LogP contribution is 2.40. The fourth-order valence-electron chi connectivity index (χ4n) is 2.61. The standard InChI is InChI=1S/C14H12N2O6S2/c17-8(4-6-2-1-3-23-6)15-9-11(18)16-10(14(21)22)7(13(19)20)5-24-12(9)16/h1-3,5,9-10,12H,4H2,(H,15,17)(H,19,20)(H,21,22)/t9?,10?,12-/m0/s1. The largest absolute Gasteiger partial charge is 0.479 e. The minimum absolute atomic E-state index is 0.136. The summed E-state index contributed by atoms with van der Waals surface area (Å²) in [4.78, 5) is 48.6. The third kappa shape index (κ3) is 2.78. The van der Waals surface area contributed by atoms with Crippen LogP contribution in [0.1, 0.15) is 4.88 Å². The molecule has 0 bridgehead atoms. The molecule has 3 atom stereocenters. The van der Waals surface area contributed by atoms with Crippen LogP contribution in [0.5, 0.6) is 0 Å². The first-order chi connectivity index (χ1) is 11.4. The molecule has 8 nitrogen and oxygen atoms in total. The summed E-state index contributed by atoms with van der Waals surface area (Å²) < 4.78 is 0. The zero-order chi connectivity index (χ0) is 17.4. The zero-order valence-electron chi connectivity index (χ0n) is 12.0. The zero-order valence-corrected chi connectivity index (χ0v) is 13.7. The van der Waals surface area contributed by atoms with Crippen LogP contribution in [0.4, 0.5) is 0 Å². The highest BCUT2D eigenvalue weighted by Gasteiger charge is 2.56. The van der Waals surface area contributed by atoms with Crippen molar-refractivity contribution in [3.05, 3.63) is 33.4 Å². The van der Waals surface area contributed by atoms with E-state index >= 15 is 0 Å². The normalized spacial score (nSPS) is 25.3. The van der Waals surface area contributed by atoms with Crippen molar-refractivity contribution in [2.75, 3.05) is 0 Å². The maximum atomic E-state index is 12.2. The number of nitrogens with zero attached hydrogens (tertiary/aromatic N) is 1. The first kappa shape index (κ1) is 16.5. The van der Waals surface area contributed by atoms with Crippen molar-refractivity contribution in [3.63, 3.8) is 0 Å². The second-order valence-electron chi connectivity index (χ2n) is 5.19. The molecule has 1 saturated heterocycles. The van der Waals surface area contributed by atoms with Crippen LogP contribution in [0.3, 0.4) is 0 Å². The second kappa shape index (κ2) is 6.29. The molecule has 1 fully saturated rings. The lowest BCUT2D eigenvalue weighted by atomic mass is 9.98. The number of amides is 2. The van der Waals surface area contributed by atoms with Gasteiger partial charge in [-0.25, -0.2) is 9.59 Å². The van der Waals surface area contributed by atoms with E-state index in [1.165, 1.54) is 16.7 Å². The molecule has 2 amide bonds. The molecule has 3 heterocycles. The van der Waals surface area contributed by atoms with Crippen molar-refractivity contribution >= 4 is 46.9 Å². The molecule has 3 N–H and O–H groups in total. The highest BCUT2D eigenvalue weighted by atomic mass is 32.2. The molecule has 2 aliphatic heterocycles. The summed E-state index contributed by atoms with van der Waals surface area (Å²) in [6.07, 6.45) is 0.136. The van der Waals surface area contributed by atoms with Crippen molar-refractivity contribution in [1.82, 2.24) is 10.2 Å². The monoisotopic (exact) mass is 368 g/mol. The van der Waals surface area contributed by atoms with Gasteiger partial charge in [-0.05, 0) is 16.9 Å². The first-order valence-electron chi connectivity index (χ1n) is 6.85. The maximum absolute atomic E-state index is 12.2. The van der Waals surface area contributed by atoms with Gasteiger partial charge in [-0.2, -0.15) is 0 Å². The van der Waals surface area contributed by atoms with Crippen LogP contribution in [-0.2, 0) is 25.6 Å². The summed E-state index contributed by atoms with van der Waals surface area (Å²) in [7, 11) is 0. The number of rotatable bonds is 5. The Morgan fingerprint density at radius 3 is 2.62 bits per heavy atom. The smallest absolute Gasteiger partial charge is 0.334 e. The quantitative estimate of drug-likeness (QED) is 0.630. The molecule has 0 saturated carbocycles. The van der Waals surface area contributed by atoms with Gasteiger partial charge in [-0.3, -0.25) is 9.59 Å². The fraction of sp³-hybridized carbons (Fsp3) is 0.286. The predicted octanol–water partition coefficient (Wildman–Crippen LogP) is 0.112. The minimum atomic E-state index is -1.54. The molecule has 2 unspecified atom stereocenters. The van der Waals surface area contributed by atoms with Crippen LogP contribution in [0.25, 0.3) is 0 Å². The van der Waals surface area contributed by atoms with E-state index in [9.17, 15) is 24.3 Å². The van der Waals surface area contributed by atoms with Gasteiger partial charge in [-0.15, -0.1) is 23.1 Å². The van der Waals surface area contributed by atoms with Crippen LogP contribution >= 0.6 is 23.1 Å². The number of aliphatic carboxylic acids is 2. The van der Waals surface area contributed by atoms with Crippen LogP contribution < -0.4 is 5.32 Å². The Morgan fingerprint density at radius 1 is 1.29 bits per heavy atom.